The van der Waals surface area contributed by atoms with Crippen LogP contribution in [0, 0.1) is 17.0 Å². The highest BCUT2D eigenvalue weighted by molar-refractivity contribution is 6.33. The number of pyridine rings is 1. The van der Waals surface area contributed by atoms with Gasteiger partial charge >= 0.3 is 17.6 Å². The van der Waals surface area contributed by atoms with Gasteiger partial charge in [0, 0.05) is 18.9 Å². The van der Waals surface area contributed by atoms with E-state index in [0.29, 0.717) is 5.69 Å². The summed E-state index contributed by atoms with van der Waals surface area (Å²) in [5, 5.41) is 20.9. The van der Waals surface area contributed by atoms with Crippen molar-refractivity contribution in [2.45, 2.75) is 20.0 Å². The summed E-state index contributed by atoms with van der Waals surface area (Å²) in [6.07, 6.45) is 3.23. The number of nitrogens with one attached hydrogen (secondary N) is 1. The molecule has 0 aliphatic carbocycles. The van der Waals surface area contributed by atoms with E-state index in [1.807, 2.05) is 0 Å². The molecule has 0 spiro atoms. The molecule has 0 aliphatic rings. The summed E-state index contributed by atoms with van der Waals surface area (Å²) in [6, 6.07) is 3.52. The van der Waals surface area contributed by atoms with E-state index in [1.165, 1.54) is 4.68 Å². The van der Waals surface area contributed by atoms with Crippen LogP contribution < -0.4 is 5.32 Å². The number of nitro groups is 1. The van der Waals surface area contributed by atoms with Crippen LogP contribution in [0.5, 0.6) is 0 Å². The van der Waals surface area contributed by atoms with E-state index in [1.54, 1.807) is 31.5 Å². The van der Waals surface area contributed by atoms with E-state index in [0.717, 1.165) is 5.56 Å². The van der Waals surface area contributed by atoms with Gasteiger partial charge in [-0.05, 0) is 29.5 Å². The van der Waals surface area contributed by atoms with Gasteiger partial charge in [0.1, 0.15) is 6.54 Å². The molecule has 0 fully saturated rings. The van der Waals surface area contributed by atoms with Crippen LogP contribution in [0.2, 0.25) is 5.02 Å². The van der Waals surface area contributed by atoms with Gasteiger partial charge in [0.25, 0.3) is 0 Å². The molecule has 0 bridgehead atoms. The SMILES string of the molecule is Cc1c(Cl)c([N+](=O)[O-])nn1Cc1noc(C(=O)NCc2ccncc2)n1. The van der Waals surface area contributed by atoms with Crippen molar-refractivity contribution < 1.29 is 14.2 Å². The lowest BCUT2D eigenvalue weighted by atomic mass is 10.3. The molecule has 0 atom stereocenters. The Morgan fingerprint density at radius 1 is 1.42 bits per heavy atom. The fourth-order valence-corrected chi connectivity index (χ4v) is 2.29. The van der Waals surface area contributed by atoms with Gasteiger partial charge in [-0.25, -0.2) is 0 Å². The van der Waals surface area contributed by atoms with E-state index >= 15 is 0 Å². The zero-order valence-corrected chi connectivity index (χ0v) is 14.2. The van der Waals surface area contributed by atoms with Crippen molar-refractivity contribution in [2.75, 3.05) is 0 Å². The highest BCUT2D eigenvalue weighted by atomic mass is 35.5. The molecule has 11 nitrogen and oxygen atoms in total. The Kier molecular flexibility index (Phi) is 4.89. The van der Waals surface area contributed by atoms with Crippen LogP contribution >= 0.6 is 11.6 Å². The molecule has 1 N–H and O–H groups in total. The second kappa shape index (κ2) is 7.27. The lowest BCUT2D eigenvalue weighted by Crippen LogP contribution is -2.23. The van der Waals surface area contributed by atoms with E-state index in [-0.39, 0.29) is 29.8 Å². The van der Waals surface area contributed by atoms with Gasteiger partial charge in [-0.2, -0.15) is 9.67 Å². The largest absolute Gasteiger partial charge is 0.408 e. The molecule has 0 unspecified atom stereocenters. The Balaban J connectivity index is 1.67. The molecule has 26 heavy (non-hydrogen) atoms. The number of rotatable bonds is 6. The normalized spacial score (nSPS) is 10.7. The van der Waals surface area contributed by atoms with Crippen molar-refractivity contribution in [2.24, 2.45) is 0 Å². The molecule has 12 heteroatoms. The van der Waals surface area contributed by atoms with Crippen LogP contribution in [0.1, 0.15) is 27.8 Å². The number of nitrogens with zero attached hydrogens (tertiary/aromatic N) is 6. The van der Waals surface area contributed by atoms with E-state index < -0.39 is 16.6 Å². The first-order chi connectivity index (χ1) is 12.5. The quantitative estimate of drug-likeness (QED) is 0.503. The topological polar surface area (TPSA) is 142 Å². The maximum absolute atomic E-state index is 12.0. The van der Waals surface area contributed by atoms with Gasteiger partial charge in [-0.15, -0.1) is 0 Å². The van der Waals surface area contributed by atoms with Crippen molar-refractivity contribution >= 4 is 23.3 Å². The standard InChI is InChI=1S/C14H12ClN7O4/c1-8-11(15)12(22(24)25)19-21(8)7-10-18-14(26-20-10)13(23)17-6-9-2-4-16-5-3-9/h2-5H,6-7H2,1H3,(H,17,23). The molecule has 3 aromatic heterocycles. The minimum absolute atomic E-state index is 0.0273. The summed E-state index contributed by atoms with van der Waals surface area (Å²) in [5.41, 5.74) is 1.24. The van der Waals surface area contributed by atoms with Gasteiger partial charge in [-0.1, -0.05) is 16.8 Å². The fourth-order valence-electron chi connectivity index (χ4n) is 2.08. The number of hydrogen-bond acceptors (Lipinski definition) is 8. The zero-order valence-electron chi connectivity index (χ0n) is 13.4. The summed E-state index contributed by atoms with van der Waals surface area (Å²) < 4.78 is 6.19. The maximum Gasteiger partial charge on any atom is 0.408 e. The number of halogens is 1. The van der Waals surface area contributed by atoms with Crippen molar-refractivity contribution in [3.63, 3.8) is 0 Å². The first-order valence-electron chi connectivity index (χ1n) is 7.32. The van der Waals surface area contributed by atoms with Crippen molar-refractivity contribution in [1.29, 1.82) is 0 Å². The van der Waals surface area contributed by atoms with Gasteiger partial charge < -0.3 is 20.0 Å². The van der Waals surface area contributed by atoms with Gasteiger partial charge in [0.05, 0.1) is 10.8 Å². The number of amides is 1. The highest BCUT2D eigenvalue weighted by Gasteiger charge is 2.25. The summed E-state index contributed by atoms with van der Waals surface area (Å²) in [5.74, 6) is -1.08. The van der Waals surface area contributed by atoms with Crippen molar-refractivity contribution in [1.82, 2.24) is 30.2 Å². The molecule has 1 amide bonds. The molecular weight excluding hydrogens is 366 g/mol. The molecule has 0 radical (unpaired) electrons. The van der Waals surface area contributed by atoms with Crippen molar-refractivity contribution in [3.8, 4) is 0 Å². The number of hydrogen-bond donors (Lipinski definition) is 1. The predicted octanol–water partition coefficient (Wildman–Crippen LogP) is 1.51. The Bertz CT molecular complexity index is 954. The first kappa shape index (κ1) is 17.5. The third-order valence-electron chi connectivity index (χ3n) is 3.45. The lowest BCUT2D eigenvalue weighted by molar-refractivity contribution is -0.389. The smallest absolute Gasteiger partial charge is 0.358 e. The molecule has 0 aliphatic heterocycles. The third kappa shape index (κ3) is 3.67. The summed E-state index contributed by atoms with van der Waals surface area (Å²) >= 11 is 5.87. The van der Waals surface area contributed by atoms with Crippen LogP contribution in [0.25, 0.3) is 0 Å². The van der Waals surface area contributed by atoms with Crippen LogP contribution in [0.15, 0.2) is 29.0 Å². The van der Waals surface area contributed by atoms with Crippen LogP contribution in [0.3, 0.4) is 0 Å². The summed E-state index contributed by atoms with van der Waals surface area (Å²) in [4.78, 5) is 30.1. The van der Waals surface area contributed by atoms with Gasteiger partial charge in [0.2, 0.25) is 0 Å². The summed E-state index contributed by atoms with van der Waals surface area (Å²) in [6.45, 7) is 1.82. The second-order valence-corrected chi connectivity index (χ2v) is 5.57. The molecule has 134 valence electrons. The monoisotopic (exact) mass is 377 g/mol. The Labute approximate surface area is 151 Å². The van der Waals surface area contributed by atoms with Gasteiger partial charge in [-0.3, -0.25) is 9.78 Å². The van der Waals surface area contributed by atoms with E-state index in [9.17, 15) is 14.9 Å². The summed E-state index contributed by atoms with van der Waals surface area (Å²) in [7, 11) is 0. The molecular formula is C14H12ClN7O4. The number of aromatic nitrogens is 5. The Morgan fingerprint density at radius 3 is 2.81 bits per heavy atom. The zero-order chi connectivity index (χ0) is 18.7. The molecule has 0 aromatic carbocycles. The minimum Gasteiger partial charge on any atom is -0.358 e. The molecule has 0 saturated heterocycles. The molecule has 3 rings (SSSR count). The third-order valence-corrected chi connectivity index (χ3v) is 3.89. The van der Waals surface area contributed by atoms with Crippen LogP contribution in [0.4, 0.5) is 5.82 Å². The number of carbonyl (C=O) groups is 1. The minimum atomic E-state index is -0.681. The Morgan fingerprint density at radius 2 is 2.15 bits per heavy atom. The van der Waals surface area contributed by atoms with Crippen LogP contribution in [-0.2, 0) is 13.1 Å². The van der Waals surface area contributed by atoms with Gasteiger partial charge in [0.15, 0.2) is 10.8 Å². The van der Waals surface area contributed by atoms with E-state index in [4.69, 9.17) is 16.1 Å². The maximum atomic E-state index is 12.0. The molecule has 3 aromatic rings. The van der Waals surface area contributed by atoms with Crippen LogP contribution in [-0.4, -0.2) is 35.7 Å². The fraction of sp³-hybridized carbons (Fsp3) is 0.214. The second-order valence-electron chi connectivity index (χ2n) is 5.19. The molecule has 0 saturated carbocycles. The predicted molar refractivity (Wildman–Crippen MR) is 87.4 cm³/mol. The van der Waals surface area contributed by atoms with Crippen molar-refractivity contribution in [3.05, 3.63) is 62.6 Å². The average Bonchev–Trinajstić information content (AvgIpc) is 3.21. The average molecular weight is 378 g/mol. The number of carbonyl (C=O) groups excluding carboxylic acids is 1. The molecule has 3 heterocycles. The van der Waals surface area contributed by atoms with E-state index in [2.05, 4.69) is 25.5 Å². The lowest BCUT2D eigenvalue weighted by Gasteiger charge is -2.01. The Hall–Kier alpha value is -3.34. The first-order valence-corrected chi connectivity index (χ1v) is 7.70. The highest BCUT2D eigenvalue weighted by Crippen LogP contribution is 2.26.